The van der Waals surface area contributed by atoms with Gasteiger partial charge in [-0.2, -0.15) is 0 Å². The van der Waals surface area contributed by atoms with Crippen LogP contribution in [0, 0.1) is 0 Å². The van der Waals surface area contributed by atoms with E-state index in [2.05, 4.69) is 12.2 Å². The van der Waals surface area contributed by atoms with Crippen LogP contribution < -0.4 is 10.1 Å². The molecule has 0 aliphatic carbocycles. The summed E-state index contributed by atoms with van der Waals surface area (Å²) in [6, 6.07) is 7.92. The van der Waals surface area contributed by atoms with Crippen molar-refractivity contribution in [3.05, 3.63) is 29.8 Å². The van der Waals surface area contributed by atoms with Crippen LogP contribution in [0.5, 0.6) is 5.75 Å². The van der Waals surface area contributed by atoms with Crippen molar-refractivity contribution in [2.24, 2.45) is 0 Å². The molecular formula is C14H20N2O2S. The number of benzene rings is 1. The Balaban J connectivity index is 2.15. The summed E-state index contributed by atoms with van der Waals surface area (Å²) in [5.74, 6) is 1.61. The summed E-state index contributed by atoms with van der Waals surface area (Å²) >= 11 is 1.67. The highest BCUT2D eigenvalue weighted by molar-refractivity contribution is 8.00. The van der Waals surface area contributed by atoms with E-state index in [0.29, 0.717) is 5.75 Å². The van der Waals surface area contributed by atoms with E-state index in [9.17, 15) is 4.79 Å². The van der Waals surface area contributed by atoms with E-state index in [-0.39, 0.29) is 11.3 Å². The number of nitrogens with one attached hydrogen (secondary N) is 1. The normalized spacial score (nSPS) is 18.9. The first-order valence-electron chi connectivity index (χ1n) is 6.52. The lowest BCUT2D eigenvalue weighted by Crippen LogP contribution is -2.35. The Kier molecular flexibility index (Phi) is 5.10. The topological polar surface area (TPSA) is 41.6 Å². The van der Waals surface area contributed by atoms with Gasteiger partial charge in [0.2, 0.25) is 5.91 Å². The third-order valence-electron chi connectivity index (χ3n) is 3.15. The molecule has 0 aromatic heterocycles. The van der Waals surface area contributed by atoms with E-state index in [4.69, 9.17) is 4.74 Å². The van der Waals surface area contributed by atoms with Crippen LogP contribution in [0.4, 0.5) is 0 Å². The lowest BCUT2D eigenvalue weighted by Gasteiger charge is -2.25. The molecular weight excluding hydrogens is 260 g/mol. The number of thioether (sulfide) groups is 1. The molecule has 1 aromatic rings. The first kappa shape index (κ1) is 14.2. The van der Waals surface area contributed by atoms with Gasteiger partial charge in [-0.1, -0.05) is 25.1 Å². The highest BCUT2D eigenvalue weighted by atomic mass is 32.2. The van der Waals surface area contributed by atoms with Gasteiger partial charge in [0.1, 0.15) is 11.1 Å². The van der Waals surface area contributed by atoms with E-state index >= 15 is 0 Å². The first-order chi connectivity index (χ1) is 9.27. The molecule has 1 aromatic carbocycles. The summed E-state index contributed by atoms with van der Waals surface area (Å²) in [5, 5.41) is 3.33. The Bertz CT molecular complexity index is 439. The second kappa shape index (κ2) is 6.82. The lowest BCUT2D eigenvalue weighted by atomic mass is 10.2. The molecule has 104 valence electrons. The predicted molar refractivity (Wildman–Crippen MR) is 78.4 cm³/mol. The average molecular weight is 280 g/mol. The van der Waals surface area contributed by atoms with Gasteiger partial charge in [0.05, 0.1) is 12.9 Å². The van der Waals surface area contributed by atoms with Crippen molar-refractivity contribution in [1.29, 1.82) is 0 Å². The molecule has 1 aliphatic heterocycles. The summed E-state index contributed by atoms with van der Waals surface area (Å²) in [6.07, 6.45) is 0. The molecule has 4 nitrogen and oxygen atoms in total. The fourth-order valence-electron chi connectivity index (χ4n) is 2.20. The van der Waals surface area contributed by atoms with Crippen LogP contribution in [0.15, 0.2) is 24.3 Å². The molecule has 1 atom stereocenters. The molecule has 1 unspecified atom stereocenters. The Morgan fingerprint density at radius 3 is 3.00 bits per heavy atom. The number of carbonyl (C=O) groups excluding carboxylic acids is 1. The minimum Gasteiger partial charge on any atom is -0.496 e. The van der Waals surface area contributed by atoms with Crippen LogP contribution in [0.3, 0.4) is 0 Å². The van der Waals surface area contributed by atoms with Gasteiger partial charge in [-0.05, 0) is 12.6 Å². The molecule has 1 heterocycles. The van der Waals surface area contributed by atoms with Gasteiger partial charge in [0.25, 0.3) is 0 Å². The number of hydrogen-bond acceptors (Lipinski definition) is 4. The van der Waals surface area contributed by atoms with Crippen molar-refractivity contribution in [3.8, 4) is 5.75 Å². The molecule has 1 aliphatic rings. The van der Waals surface area contributed by atoms with Crippen LogP contribution in [0.2, 0.25) is 0 Å². The quantitative estimate of drug-likeness (QED) is 0.808. The third-order valence-corrected chi connectivity index (χ3v) is 4.39. The van der Waals surface area contributed by atoms with Crippen molar-refractivity contribution < 1.29 is 9.53 Å². The van der Waals surface area contributed by atoms with E-state index in [1.807, 2.05) is 29.2 Å². The van der Waals surface area contributed by atoms with Gasteiger partial charge >= 0.3 is 0 Å². The summed E-state index contributed by atoms with van der Waals surface area (Å²) in [7, 11) is 1.67. The standard InChI is InChI=1S/C14H20N2O2S/c1-3-15-8-9-16-13(17)10-19-14(16)11-6-4-5-7-12(11)18-2/h4-7,14-15H,3,8-10H2,1-2H3. The van der Waals surface area contributed by atoms with Gasteiger partial charge in [-0.3, -0.25) is 4.79 Å². The highest BCUT2D eigenvalue weighted by Crippen LogP contribution is 2.41. The van der Waals surface area contributed by atoms with Gasteiger partial charge in [0.15, 0.2) is 0 Å². The fraction of sp³-hybridized carbons (Fsp3) is 0.500. The molecule has 1 N–H and O–H groups in total. The first-order valence-corrected chi connectivity index (χ1v) is 7.57. The maximum Gasteiger partial charge on any atom is 0.233 e. The molecule has 0 saturated carbocycles. The molecule has 0 spiro atoms. The molecule has 1 amide bonds. The van der Waals surface area contributed by atoms with E-state index < -0.39 is 0 Å². The van der Waals surface area contributed by atoms with Crippen molar-refractivity contribution in [1.82, 2.24) is 10.2 Å². The van der Waals surface area contributed by atoms with Gasteiger partial charge < -0.3 is 15.0 Å². The van der Waals surface area contributed by atoms with Crippen molar-refractivity contribution in [3.63, 3.8) is 0 Å². The van der Waals surface area contributed by atoms with Crippen molar-refractivity contribution in [2.45, 2.75) is 12.3 Å². The summed E-state index contributed by atoms with van der Waals surface area (Å²) in [4.78, 5) is 13.9. The zero-order valence-electron chi connectivity index (χ0n) is 11.4. The number of hydrogen-bond donors (Lipinski definition) is 1. The van der Waals surface area contributed by atoms with Crippen LogP contribution in [0.25, 0.3) is 0 Å². The number of methoxy groups -OCH3 is 1. The molecule has 5 heteroatoms. The monoisotopic (exact) mass is 280 g/mol. The van der Waals surface area contributed by atoms with Crippen molar-refractivity contribution >= 4 is 17.7 Å². The molecule has 1 fully saturated rings. The Morgan fingerprint density at radius 1 is 1.47 bits per heavy atom. The van der Waals surface area contributed by atoms with E-state index in [1.54, 1.807) is 18.9 Å². The summed E-state index contributed by atoms with van der Waals surface area (Å²) in [6.45, 7) is 4.56. The number of para-hydroxylation sites is 1. The zero-order chi connectivity index (χ0) is 13.7. The predicted octanol–water partition coefficient (Wildman–Crippen LogP) is 1.88. The van der Waals surface area contributed by atoms with Gasteiger partial charge in [-0.25, -0.2) is 0 Å². The smallest absolute Gasteiger partial charge is 0.233 e. The number of ether oxygens (including phenoxy) is 1. The SMILES string of the molecule is CCNCCN1C(=O)CSC1c1ccccc1OC. The number of likely N-dealkylation sites (N-methyl/N-ethyl adjacent to an activating group) is 1. The second-order valence-corrected chi connectivity index (χ2v) is 5.41. The minimum absolute atomic E-state index is 0.0716. The highest BCUT2D eigenvalue weighted by Gasteiger charge is 2.33. The maximum absolute atomic E-state index is 12.0. The Hall–Kier alpha value is -1.20. The van der Waals surface area contributed by atoms with Crippen LogP contribution >= 0.6 is 11.8 Å². The molecule has 1 saturated heterocycles. The second-order valence-electron chi connectivity index (χ2n) is 4.35. The molecule has 0 bridgehead atoms. The van der Waals surface area contributed by atoms with E-state index in [1.165, 1.54) is 0 Å². The Labute approximate surface area is 118 Å². The number of nitrogens with zero attached hydrogens (tertiary/aromatic N) is 1. The summed E-state index contributed by atoms with van der Waals surface area (Å²) < 4.78 is 5.40. The average Bonchev–Trinajstić information content (AvgIpc) is 2.80. The largest absolute Gasteiger partial charge is 0.496 e. The molecule has 19 heavy (non-hydrogen) atoms. The Morgan fingerprint density at radius 2 is 2.26 bits per heavy atom. The van der Waals surface area contributed by atoms with Crippen LogP contribution in [-0.2, 0) is 4.79 Å². The zero-order valence-corrected chi connectivity index (χ0v) is 12.2. The third kappa shape index (κ3) is 3.22. The van der Waals surface area contributed by atoms with E-state index in [0.717, 1.165) is 30.9 Å². The molecule has 0 radical (unpaired) electrons. The number of carbonyl (C=O) groups is 1. The van der Waals surface area contributed by atoms with Gasteiger partial charge in [-0.15, -0.1) is 11.8 Å². The number of amides is 1. The summed E-state index contributed by atoms with van der Waals surface area (Å²) in [5.41, 5.74) is 1.08. The lowest BCUT2D eigenvalue weighted by molar-refractivity contribution is -0.128. The molecule has 2 rings (SSSR count). The maximum atomic E-state index is 12.0. The van der Waals surface area contributed by atoms with Gasteiger partial charge in [0, 0.05) is 18.7 Å². The van der Waals surface area contributed by atoms with Crippen LogP contribution in [0.1, 0.15) is 17.9 Å². The fourth-order valence-corrected chi connectivity index (χ4v) is 3.44. The number of rotatable bonds is 6. The van der Waals surface area contributed by atoms with Crippen molar-refractivity contribution in [2.75, 3.05) is 32.5 Å². The van der Waals surface area contributed by atoms with Crippen LogP contribution in [-0.4, -0.2) is 43.3 Å². The minimum atomic E-state index is 0.0716.